The minimum absolute atomic E-state index is 0.686. The highest BCUT2D eigenvalue weighted by molar-refractivity contribution is 7.94. The number of rotatable bonds is 0. The summed E-state index contributed by atoms with van der Waals surface area (Å²) >= 11 is 1.58. The Morgan fingerprint density at radius 3 is 3.50 bits per heavy atom. The molecule has 0 bridgehead atoms. The average Bonchev–Trinajstić information content (AvgIpc) is 2.05. The molecule has 0 N–H and O–H groups in total. The van der Waals surface area contributed by atoms with Crippen LogP contribution in [0.25, 0.3) is 0 Å². The maximum absolute atomic E-state index is 5.41. The van der Waals surface area contributed by atoms with Crippen LogP contribution in [0.3, 0.4) is 0 Å². The molecular weight excluding hydrogens is 144 g/mol. The highest BCUT2D eigenvalue weighted by Gasteiger charge is 2.20. The van der Waals surface area contributed by atoms with Crippen LogP contribution in [0.15, 0.2) is 24.0 Å². The van der Waals surface area contributed by atoms with Crippen molar-refractivity contribution in [2.45, 2.75) is 12.8 Å². The second-order valence-corrected chi connectivity index (χ2v) is 3.43. The Kier molecular flexibility index (Phi) is 1.72. The van der Waals surface area contributed by atoms with Crippen LogP contribution in [0.2, 0.25) is 0 Å². The summed E-state index contributed by atoms with van der Waals surface area (Å²) in [7, 11) is 0. The van der Waals surface area contributed by atoms with E-state index in [0.717, 1.165) is 5.75 Å². The number of hydrogen-bond acceptors (Lipinski definition) is 2. The van der Waals surface area contributed by atoms with Gasteiger partial charge in [0.25, 0.3) is 0 Å². The van der Waals surface area contributed by atoms with Crippen molar-refractivity contribution in [3.63, 3.8) is 0 Å². The van der Waals surface area contributed by atoms with Gasteiger partial charge in [0.05, 0.1) is 12.0 Å². The highest BCUT2D eigenvalue weighted by Crippen LogP contribution is 2.33. The molecule has 0 amide bonds. The van der Waals surface area contributed by atoms with Gasteiger partial charge in [-0.15, -0.1) is 0 Å². The van der Waals surface area contributed by atoms with Gasteiger partial charge in [-0.25, -0.2) is 0 Å². The van der Waals surface area contributed by atoms with Gasteiger partial charge in [-0.1, -0.05) is 12.2 Å². The zero-order valence-electron chi connectivity index (χ0n) is 5.75. The van der Waals surface area contributed by atoms with E-state index in [2.05, 4.69) is 18.2 Å². The van der Waals surface area contributed by atoms with E-state index < -0.39 is 0 Å². The highest BCUT2D eigenvalue weighted by atomic mass is 32.2. The van der Waals surface area contributed by atoms with Crippen molar-refractivity contribution in [2.24, 2.45) is 5.92 Å². The average molecular weight is 154 g/mol. The van der Waals surface area contributed by atoms with E-state index in [4.69, 9.17) is 4.18 Å². The van der Waals surface area contributed by atoms with Crippen molar-refractivity contribution in [2.75, 3.05) is 5.75 Å². The fraction of sp³-hybridized carbons (Fsp3) is 0.500. The maximum atomic E-state index is 5.41. The standard InChI is InChI=1S/C8H10OS/c1-2-4-8-7(3-1)5-6-10-9-8/h1-2,4,7H,3,5-6H2. The Balaban J connectivity index is 2.14. The van der Waals surface area contributed by atoms with Gasteiger partial charge in [0.2, 0.25) is 0 Å². The molecule has 1 fully saturated rings. The van der Waals surface area contributed by atoms with Gasteiger partial charge < -0.3 is 4.18 Å². The fourth-order valence-electron chi connectivity index (χ4n) is 1.31. The van der Waals surface area contributed by atoms with Crippen LogP contribution < -0.4 is 0 Å². The zero-order valence-corrected chi connectivity index (χ0v) is 6.56. The lowest BCUT2D eigenvalue weighted by atomic mass is 9.96. The van der Waals surface area contributed by atoms with Gasteiger partial charge in [0.15, 0.2) is 0 Å². The number of fused-ring (bicyclic) bond motifs is 1. The van der Waals surface area contributed by atoms with Crippen molar-refractivity contribution in [3.8, 4) is 0 Å². The van der Waals surface area contributed by atoms with E-state index in [1.54, 1.807) is 12.0 Å². The number of hydrogen-bond donors (Lipinski definition) is 0. The summed E-state index contributed by atoms with van der Waals surface area (Å²) in [6.45, 7) is 0. The van der Waals surface area contributed by atoms with Gasteiger partial charge in [-0.05, 0) is 18.9 Å². The van der Waals surface area contributed by atoms with Crippen molar-refractivity contribution in [3.05, 3.63) is 24.0 Å². The predicted octanol–water partition coefficient (Wildman–Crippen LogP) is 2.51. The second kappa shape index (κ2) is 2.70. The van der Waals surface area contributed by atoms with Crippen molar-refractivity contribution < 1.29 is 4.18 Å². The first-order chi connectivity index (χ1) is 4.97. The summed E-state index contributed by atoms with van der Waals surface area (Å²) in [6, 6.07) is 0. The minimum atomic E-state index is 0.686. The molecule has 0 spiro atoms. The van der Waals surface area contributed by atoms with Crippen molar-refractivity contribution in [1.29, 1.82) is 0 Å². The maximum Gasteiger partial charge on any atom is 0.117 e. The summed E-state index contributed by atoms with van der Waals surface area (Å²) in [5.74, 6) is 3.01. The molecule has 0 radical (unpaired) electrons. The third-order valence-corrected chi connectivity index (χ3v) is 2.64. The molecule has 2 heteroatoms. The lowest BCUT2D eigenvalue weighted by Crippen LogP contribution is -2.12. The van der Waals surface area contributed by atoms with Gasteiger partial charge in [0.1, 0.15) is 5.76 Å². The molecular formula is C8H10OS. The molecule has 0 saturated carbocycles. The molecule has 1 aliphatic carbocycles. The fourth-order valence-corrected chi connectivity index (χ4v) is 2.11. The van der Waals surface area contributed by atoms with Crippen LogP contribution in [0.5, 0.6) is 0 Å². The van der Waals surface area contributed by atoms with Gasteiger partial charge >= 0.3 is 0 Å². The molecule has 0 aromatic rings. The van der Waals surface area contributed by atoms with Gasteiger partial charge in [-0.3, -0.25) is 0 Å². The van der Waals surface area contributed by atoms with E-state index in [9.17, 15) is 0 Å². The summed E-state index contributed by atoms with van der Waals surface area (Å²) in [5, 5.41) is 0. The molecule has 1 nitrogen and oxygen atoms in total. The van der Waals surface area contributed by atoms with Crippen LogP contribution >= 0.6 is 12.0 Å². The van der Waals surface area contributed by atoms with Crippen LogP contribution in [0.4, 0.5) is 0 Å². The summed E-state index contributed by atoms with van der Waals surface area (Å²) in [5.41, 5.74) is 0. The van der Waals surface area contributed by atoms with Crippen molar-refractivity contribution >= 4 is 12.0 Å². The van der Waals surface area contributed by atoms with Crippen molar-refractivity contribution in [1.82, 2.24) is 0 Å². The van der Waals surface area contributed by atoms with Gasteiger partial charge in [-0.2, -0.15) is 0 Å². The Hall–Kier alpha value is -0.370. The molecule has 10 heavy (non-hydrogen) atoms. The lowest BCUT2D eigenvalue weighted by molar-refractivity contribution is 0.361. The monoisotopic (exact) mass is 154 g/mol. The lowest BCUT2D eigenvalue weighted by Gasteiger charge is -2.24. The zero-order chi connectivity index (χ0) is 6.81. The summed E-state index contributed by atoms with van der Waals surface area (Å²) < 4.78 is 5.41. The Labute approximate surface area is 65.3 Å². The third-order valence-electron chi connectivity index (χ3n) is 1.92. The quantitative estimate of drug-likeness (QED) is 0.496. The smallest absolute Gasteiger partial charge is 0.117 e. The Morgan fingerprint density at radius 1 is 1.60 bits per heavy atom. The van der Waals surface area contributed by atoms with Crippen LogP contribution in [-0.2, 0) is 4.18 Å². The predicted molar refractivity (Wildman–Crippen MR) is 43.5 cm³/mol. The molecule has 1 atom stereocenters. The third kappa shape index (κ3) is 1.08. The Bertz CT molecular complexity index is 184. The largest absolute Gasteiger partial charge is 0.430 e. The molecule has 1 saturated heterocycles. The first kappa shape index (κ1) is 6.35. The number of allylic oxidation sites excluding steroid dienone is 4. The summed E-state index contributed by atoms with van der Waals surface area (Å²) in [6.07, 6.45) is 8.83. The molecule has 0 aromatic carbocycles. The molecule has 2 aliphatic rings. The normalized spacial score (nSPS) is 30.4. The molecule has 1 aliphatic heterocycles. The SMILES string of the molecule is C1=CCC2CCSOC2=C1. The topological polar surface area (TPSA) is 9.23 Å². The molecule has 2 rings (SSSR count). The van der Waals surface area contributed by atoms with Gasteiger partial charge in [0, 0.05) is 11.7 Å². The van der Waals surface area contributed by atoms with E-state index in [1.165, 1.54) is 18.6 Å². The molecule has 0 aromatic heterocycles. The summed E-state index contributed by atoms with van der Waals surface area (Å²) in [4.78, 5) is 0. The molecule has 1 heterocycles. The first-order valence-corrected chi connectivity index (χ1v) is 4.54. The Morgan fingerprint density at radius 2 is 2.60 bits per heavy atom. The molecule has 1 unspecified atom stereocenters. The van der Waals surface area contributed by atoms with Crippen LogP contribution in [-0.4, -0.2) is 5.75 Å². The second-order valence-electron chi connectivity index (χ2n) is 2.62. The van der Waals surface area contributed by atoms with E-state index >= 15 is 0 Å². The van der Waals surface area contributed by atoms with Crippen LogP contribution in [0.1, 0.15) is 12.8 Å². The van der Waals surface area contributed by atoms with E-state index in [0.29, 0.717) is 5.92 Å². The van der Waals surface area contributed by atoms with E-state index in [1.807, 2.05) is 0 Å². The van der Waals surface area contributed by atoms with Crippen LogP contribution in [0, 0.1) is 5.92 Å². The minimum Gasteiger partial charge on any atom is -0.430 e. The van der Waals surface area contributed by atoms with E-state index in [-0.39, 0.29) is 0 Å². The first-order valence-electron chi connectivity index (χ1n) is 3.63. The molecule has 54 valence electrons.